The largest absolute Gasteiger partial charge is 0.478 e. The van der Waals surface area contributed by atoms with Crippen LogP contribution >= 0.6 is 0 Å². The van der Waals surface area contributed by atoms with Gasteiger partial charge >= 0.3 is 5.97 Å². The Kier molecular flexibility index (Phi) is 5.74. The molecule has 5 nitrogen and oxygen atoms in total. The molecule has 1 atom stereocenters. The highest BCUT2D eigenvalue weighted by molar-refractivity contribution is 5.89. The Morgan fingerprint density at radius 3 is 2.56 bits per heavy atom. The van der Waals surface area contributed by atoms with Crippen molar-refractivity contribution in [2.45, 2.75) is 51.0 Å². The van der Waals surface area contributed by atoms with Gasteiger partial charge in [0.25, 0.3) is 0 Å². The van der Waals surface area contributed by atoms with Crippen LogP contribution < -0.4 is 5.32 Å². The van der Waals surface area contributed by atoms with E-state index in [1.165, 1.54) is 0 Å². The lowest BCUT2D eigenvalue weighted by molar-refractivity contribution is -0.129. The van der Waals surface area contributed by atoms with Crippen molar-refractivity contribution >= 4 is 11.9 Å². The van der Waals surface area contributed by atoms with Crippen molar-refractivity contribution in [1.29, 1.82) is 0 Å². The Labute approximate surface area is 148 Å². The summed E-state index contributed by atoms with van der Waals surface area (Å²) in [5.41, 5.74) is 1.27. The van der Waals surface area contributed by atoms with Crippen molar-refractivity contribution in [3.8, 4) is 0 Å². The highest BCUT2D eigenvalue weighted by atomic mass is 16.5. The molecule has 1 aliphatic carbocycles. The number of aromatic carboxylic acids is 1. The van der Waals surface area contributed by atoms with Crippen LogP contribution in [-0.2, 0) is 9.53 Å². The van der Waals surface area contributed by atoms with Gasteiger partial charge in [0.2, 0.25) is 5.91 Å². The lowest BCUT2D eigenvalue weighted by atomic mass is 9.74. The van der Waals surface area contributed by atoms with Crippen molar-refractivity contribution in [3.05, 3.63) is 35.4 Å². The van der Waals surface area contributed by atoms with E-state index in [4.69, 9.17) is 4.74 Å². The summed E-state index contributed by atoms with van der Waals surface area (Å²) >= 11 is 0. The average Bonchev–Trinajstić information content (AvgIpc) is 2.59. The van der Waals surface area contributed by atoms with E-state index in [9.17, 15) is 14.7 Å². The van der Waals surface area contributed by atoms with E-state index in [1.807, 2.05) is 12.1 Å². The van der Waals surface area contributed by atoms with Crippen LogP contribution in [0.5, 0.6) is 0 Å². The van der Waals surface area contributed by atoms with Crippen LogP contribution in [0, 0.1) is 11.8 Å². The van der Waals surface area contributed by atoms with E-state index in [1.54, 1.807) is 12.1 Å². The summed E-state index contributed by atoms with van der Waals surface area (Å²) in [6, 6.07) is 7.34. The Hall–Kier alpha value is -1.88. The highest BCUT2D eigenvalue weighted by Crippen LogP contribution is 2.39. The van der Waals surface area contributed by atoms with Gasteiger partial charge in [-0.15, -0.1) is 0 Å². The van der Waals surface area contributed by atoms with E-state index in [-0.39, 0.29) is 23.8 Å². The molecule has 1 aromatic rings. The van der Waals surface area contributed by atoms with Crippen molar-refractivity contribution in [2.24, 2.45) is 11.8 Å². The van der Waals surface area contributed by atoms with Crippen molar-refractivity contribution in [2.75, 3.05) is 13.2 Å². The maximum absolute atomic E-state index is 12.6. The molecule has 2 aliphatic rings. The fourth-order valence-corrected chi connectivity index (χ4v) is 4.20. The van der Waals surface area contributed by atoms with Crippen LogP contribution in [0.4, 0.5) is 0 Å². The van der Waals surface area contributed by atoms with Crippen molar-refractivity contribution < 1.29 is 19.4 Å². The minimum Gasteiger partial charge on any atom is -0.478 e. The number of carboxylic acids is 1. The molecule has 1 saturated heterocycles. The normalized spacial score (nSPS) is 25.0. The molecule has 1 saturated carbocycles. The van der Waals surface area contributed by atoms with Crippen LogP contribution in [0.15, 0.2) is 24.3 Å². The number of amides is 1. The Balaban J connectivity index is 1.54. The number of hydrogen-bond donors (Lipinski definition) is 2. The predicted molar refractivity (Wildman–Crippen MR) is 94.6 cm³/mol. The molecule has 5 heteroatoms. The molecule has 3 rings (SSSR count). The molecule has 1 heterocycles. The molecule has 2 fully saturated rings. The van der Waals surface area contributed by atoms with Gasteiger partial charge in [-0.3, -0.25) is 4.79 Å². The van der Waals surface area contributed by atoms with Gasteiger partial charge < -0.3 is 15.2 Å². The Bertz CT molecular complexity index is 618. The van der Waals surface area contributed by atoms with Gasteiger partial charge in [-0.1, -0.05) is 25.1 Å². The van der Waals surface area contributed by atoms with E-state index in [0.29, 0.717) is 11.5 Å². The van der Waals surface area contributed by atoms with Crippen LogP contribution in [0.3, 0.4) is 0 Å². The zero-order valence-corrected chi connectivity index (χ0v) is 14.7. The zero-order chi connectivity index (χ0) is 17.8. The predicted octanol–water partition coefficient (Wildman–Crippen LogP) is 3.20. The number of benzene rings is 1. The van der Waals surface area contributed by atoms with E-state index < -0.39 is 5.97 Å². The fraction of sp³-hybridized carbons (Fsp3) is 0.600. The molecule has 2 N–H and O–H groups in total. The number of rotatable bonds is 6. The maximum Gasteiger partial charge on any atom is 0.335 e. The summed E-state index contributed by atoms with van der Waals surface area (Å²) in [4.78, 5) is 24.0. The number of carbonyl (C=O) groups excluding carboxylic acids is 1. The fourth-order valence-electron chi connectivity index (χ4n) is 4.20. The minimum atomic E-state index is -0.881. The summed E-state index contributed by atoms with van der Waals surface area (Å²) in [6.07, 6.45) is 4.42. The molecule has 1 aliphatic heterocycles. The molecule has 0 bridgehead atoms. The topological polar surface area (TPSA) is 75.6 Å². The smallest absolute Gasteiger partial charge is 0.335 e. The lowest BCUT2D eigenvalue weighted by Gasteiger charge is -2.38. The molecule has 1 amide bonds. The van der Waals surface area contributed by atoms with Gasteiger partial charge in [0.1, 0.15) is 0 Å². The van der Waals surface area contributed by atoms with Gasteiger partial charge in [0, 0.05) is 25.2 Å². The second kappa shape index (κ2) is 8.00. The summed E-state index contributed by atoms with van der Waals surface area (Å²) in [6.45, 7) is 3.59. The lowest BCUT2D eigenvalue weighted by Crippen LogP contribution is -2.47. The molecular formula is C20H27NO4. The van der Waals surface area contributed by atoms with Gasteiger partial charge in [-0.25, -0.2) is 4.79 Å². The summed E-state index contributed by atoms with van der Waals surface area (Å²) in [5, 5.41) is 12.5. The SMILES string of the molecule is CCC(C(=O)NC1CC(c2ccccc2C(=O)O)C1)C1CCOCC1. The summed E-state index contributed by atoms with van der Waals surface area (Å²) < 4.78 is 5.40. The third-order valence-electron chi connectivity index (χ3n) is 5.73. The van der Waals surface area contributed by atoms with Crippen LogP contribution in [-0.4, -0.2) is 36.2 Å². The average molecular weight is 345 g/mol. The Morgan fingerprint density at radius 1 is 1.24 bits per heavy atom. The molecular weight excluding hydrogens is 318 g/mol. The molecule has 0 spiro atoms. The van der Waals surface area contributed by atoms with Gasteiger partial charge in [0.15, 0.2) is 0 Å². The maximum atomic E-state index is 12.6. The number of carboxylic acid groups (broad SMARTS) is 1. The quantitative estimate of drug-likeness (QED) is 0.830. The van der Waals surface area contributed by atoms with Crippen molar-refractivity contribution in [3.63, 3.8) is 0 Å². The molecule has 0 radical (unpaired) electrons. The summed E-state index contributed by atoms with van der Waals surface area (Å²) in [5.74, 6) is -0.0182. The first-order chi connectivity index (χ1) is 12.1. The van der Waals surface area contributed by atoms with Crippen LogP contribution in [0.1, 0.15) is 60.9 Å². The van der Waals surface area contributed by atoms with Gasteiger partial charge in [-0.2, -0.15) is 0 Å². The monoisotopic (exact) mass is 345 g/mol. The standard InChI is InChI=1S/C20H27NO4/c1-2-16(13-7-9-25-10-8-13)19(22)21-15-11-14(12-15)17-5-3-4-6-18(17)20(23)24/h3-6,13-16H,2,7-12H2,1H3,(H,21,22)(H,23,24). The number of carbonyl (C=O) groups is 2. The van der Waals surface area contributed by atoms with E-state index in [0.717, 1.165) is 50.9 Å². The third-order valence-corrected chi connectivity index (χ3v) is 5.73. The minimum absolute atomic E-state index is 0.0641. The molecule has 1 unspecified atom stereocenters. The van der Waals surface area contributed by atoms with Gasteiger partial charge in [-0.05, 0) is 55.6 Å². The first-order valence-electron chi connectivity index (χ1n) is 9.30. The number of nitrogens with one attached hydrogen (secondary N) is 1. The van der Waals surface area contributed by atoms with Crippen LogP contribution in [0.2, 0.25) is 0 Å². The number of hydrogen-bond acceptors (Lipinski definition) is 3. The van der Waals surface area contributed by atoms with Crippen LogP contribution in [0.25, 0.3) is 0 Å². The second-order valence-corrected chi connectivity index (χ2v) is 7.23. The highest BCUT2D eigenvalue weighted by Gasteiger charge is 2.36. The molecule has 1 aromatic carbocycles. The van der Waals surface area contributed by atoms with E-state index >= 15 is 0 Å². The first-order valence-corrected chi connectivity index (χ1v) is 9.30. The zero-order valence-electron chi connectivity index (χ0n) is 14.7. The Morgan fingerprint density at radius 2 is 1.92 bits per heavy atom. The molecule has 136 valence electrons. The van der Waals surface area contributed by atoms with E-state index in [2.05, 4.69) is 12.2 Å². The van der Waals surface area contributed by atoms with Gasteiger partial charge in [0.05, 0.1) is 5.56 Å². The first kappa shape index (κ1) is 17.9. The summed E-state index contributed by atoms with van der Waals surface area (Å²) in [7, 11) is 0. The molecule has 0 aromatic heterocycles. The molecule has 25 heavy (non-hydrogen) atoms. The second-order valence-electron chi connectivity index (χ2n) is 7.23. The van der Waals surface area contributed by atoms with Crippen molar-refractivity contribution in [1.82, 2.24) is 5.32 Å². The third kappa shape index (κ3) is 4.03. The number of ether oxygens (including phenoxy) is 1.